The summed E-state index contributed by atoms with van der Waals surface area (Å²) in [7, 11) is 0. The molecule has 0 aromatic heterocycles. The van der Waals surface area contributed by atoms with Crippen LogP contribution in [-0.2, 0) is 9.59 Å². The Morgan fingerprint density at radius 3 is 2.21 bits per heavy atom. The Labute approximate surface area is 162 Å². The van der Waals surface area contributed by atoms with Crippen LogP contribution in [0.25, 0.3) is 0 Å². The van der Waals surface area contributed by atoms with Gasteiger partial charge in [-0.15, -0.1) is 0 Å². The molecule has 0 radical (unpaired) electrons. The van der Waals surface area contributed by atoms with E-state index in [9.17, 15) is 14.0 Å². The van der Waals surface area contributed by atoms with Crippen LogP contribution in [0.15, 0.2) is 48.5 Å². The summed E-state index contributed by atoms with van der Waals surface area (Å²) in [6.45, 7) is 3.63. The zero-order chi connectivity index (χ0) is 20.4. The summed E-state index contributed by atoms with van der Waals surface area (Å²) in [6, 6.07) is 12.7. The first-order valence-corrected chi connectivity index (χ1v) is 8.85. The lowest BCUT2D eigenvalue weighted by Crippen LogP contribution is -2.48. The lowest BCUT2D eigenvalue weighted by atomic mass is 10.3. The Kier molecular flexibility index (Phi) is 8.08. The van der Waals surface area contributed by atoms with Crippen molar-refractivity contribution in [1.29, 1.82) is 0 Å². The van der Waals surface area contributed by atoms with Crippen molar-refractivity contribution < 1.29 is 28.2 Å². The highest BCUT2D eigenvalue weighted by Gasteiger charge is 2.17. The van der Waals surface area contributed by atoms with Crippen LogP contribution >= 0.6 is 0 Å². The van der Waals surface area contributed by atoms with Crippen LogP contribution in [0, 0.1) is 5.82 Å². The number of hydrogen-bond acceptors (Lipinski definition) is 5. The standard InChI is InChI=1S/C20H23FN2O5/c1-3-12-26-17-10-6-7-11-18(17)27-13-19(24)22-23-20(25)14(2)28-16-9-5-4-8-15(16)21/h4-11,14H,3,12-13H2,1-2H3,(H,22,24)(H,23,25)/t14-/m1/s1. The number of rotatable bonds is 9. The highest BCUT2D eigenvalue weighted by molar-refractivity contribution is 5.85. The zero-order valence-electron chi connectivity index (χ0n) is 15.7. The summed E-state index contributed by atoms with van der Waals surface area (Å²) < 4.78 is 29.8. The Bertz CT molecular complexity index is 800. The van der Waals surface area contributed by atoms with Gasteiger partial charge in [-0.25, -0.2) is 4.39 Å². The van der Waals surface area contributed by atoms with Gasteiger partial charge >= 0.3 is 0 Å². The number of amides is 2. The molecule has 0 saturated heterocycles. The molecule has 0 spiro atoms. The summed E-state index contributed by atoms with van der Waals surface area (Å²) >= 11 is 0. The SMILES string of the molecule is CCCOc1ccccc1OCC(=O)NNC(=O)[C@@H](C)Oc1ccccc1F. The second-order valence-corrected chi connectivity index (χ2v) is 5.81. The summed E-state index contributed by atoms with van der Waals surface area (Å²) in [6.07, 6.45) is -0.171. The molecule has 0 fully saturated rings. The minimum absolute atomic E-state index is 0.0523. The van der Waals surface area contributed by atoms with Crippen molar-refractivity contribution in [3.05, 3.63) is 54.3 Å². The van der Waals surface area contributed by atoms with E-state index in [1.807, 2.05) is 6.92 Å². The molecule has 0 bridgehead atoms. The molecule has 2 amide bonds. The van der Waals surface area contributed by atoms with Gasteiger partial charge in [0, 0.05) is 0 Å². The van der Waals surface area contributed by atoms with Crippen LogP contribution in [0.4, 0.5) is 4.39 Å². The number of carbonyl (C=O) groups excluding carboxylic acids is 2. The van der Waals surface area contributed by atoms with Crippen molar-refractivity contribution in [2.75, 3.05) is 13.2 Å². The molecule has 2 rings (SSSR count). The molecule has 7 nitrogen and oxygen atoms in total. The molecular weight excluding hydrogens is 367 g/mol. The molecule has 0 saturated carbocycles. The van der Waals surface area contributed by atoms with Crippen molar-refractivity contribution >= 4 is 11.8 Å². The first kappa shape index (κ1) is 21.0. The number of hydrogen-bond donors (Lipinski definition) is 2. The van der Waals surface area contributed by atoms with Gasteiger partial charge < -0.3 is 14.2 Å². The van der Waals surface area contributed by atoms with Crippen molar-refractivity contribution in [2.45, 2.75) is 26.4 Å². The summed E-state index contributed by atoms with van der Waals surface area (Å²) in [5.74, 6) is -0.881. The number of para-hydroxylation sites is 3. The van der Waals surface area contributed by atoms with E-state index < -0.39 is 23.7 Å². The van der Waals surface area contributed by atoms with Gasteiger partial charge in [-0.05, 0) is 37.6 Å². The maximum absolute atomic E-state index is 13.5. The van der Waals surface area contributed by atoms with Crippen molar-refractivity contribution in [3.63, 3.8) is 0 Å². The molecule has 0 unspecified atom stereocenters. The summed E-state index contributed by atoms with van der Waals surface area (Å²) in [5, 5.41) is 0. The number of carbonyl (C=O) groups is 2. The van der Waals surface area contributed by atoms with Crippen LogP contribution < -0.4 is 25.1 Å². The van der Waals surface area contributed by atoms with Crippen LogP contribution in [-0.4, -0.2) is 31.1 Å². The van der Waals surface area contributed by atoms with Crippen LogP contribution in [0.1, 0.15) is 20.3 Å². The molecule has 150 valence electrons. The third-order valence-electron chi connectivity index (χ3n) is 3.50. The molecule has 1 atom stereocenters. The molecule has 8 heteroatoms. The van der Waals surface area contributed by atoms with Gasteiger partial charge in [-0.3, -0.25) is 20.4 Å². The van der Waals surface area contributed by atoms with Crippen molar-refractivity contribution in [2.24, 2.45) is 0 Å². The molecule has 2 N–H and O–H groups in total. The molecule has 0 aliphatic rings. The number of benzene rings is 2. The van der Waals surface area contributed by atoms with Crippen molar-refractivity contribution in [1.82, 2.24) is 10.9 Å². The summed E-state index contributed by atoms with van der Waals surface area (Å²) in [5.41, 5.74) is 4.43. The third-order valence-corrected chi connectivity index (χ3v) is 3.50. The smallest absolute Gasteiger partial charge is 0.279 e. The molecule has 28 heavy (non-hydrogen) atoms. The second kappa shape index (κ2) is 10.8. The fraction of sp³-hybridized carbons (Fsp3) is 0.300. The number of ether oxygens (including phenoxy) is 3. The summed E-state index contributed by atoms with van der Waals surface area (Å²) in [4.78, 5) is 23.9. The average Bonchev–Trinajstić information content (AvgIpc) is 2.71. The molecular formula is C20H23FN2O5. The van der Waals surface area contributed by atoms with Gasteiger partial charge in [0.1, 0.15) is 0 Å². The molecule has 2 aromatic carbocycles. The van der Waals surface area contributed by atoms with E-state index in [2.05, 4.69) is 10.9 Å². The normalized spacial score (nSPS) is 11.2. The highest BCUT2D eigenvalue weighted by atomic mass is 19.1. The Balaban J connectivity index is 1.78. The van der Waals surface area contributed by atoms with E-state index in [-0.39, 0.29) is 12.4 Å². The zero-order valence-corrected chi connectivity index (χ0v) is 15.7. The van der Waals surface area contributed by atoms with Gasteiger partial charge in [0.2, 0.25) is 0 Å². The number of nitrogens with one attached hydrogen (secondary N) is 2. The Morgan fingerprint density at radius 1 is 0.964 bits per heavy atom. The monoisotopic (exact) mass is 390 g/mol. The number of halogens is 1. The number of hydrazine groups is 1. The van der Waals surface area contributed by atoms with Gasteiger partial charge in [0.05, 0.1) is 6.61 Å². The third kappa shape index (κ3) is 6.46. The average molecular weight is 390 g/mol. The van der Waals surface area contributed by atoms with Gasteiger partial charge in [-0.1, -0.05) is 31.2 Å². The fourth-order valence-corrected chi connectivity index (χ4v) is 2.10. The Hall–Kier alpha value is -3.29. The van der Waals surface area contributed by atoms with Crippen LogP contribution in [0.5, 0.6) is 17.2 Å². The van der Waals surface area contributed by atoms with Gasteiger partial charge in [0.25, 0.3) is 11.8 Å². The first-order valence-electron chi connectivity index (χ1n) is 8.85. The minimum Gasteiger partial charge on any atom is -0.490 e. The molecule has 2 aromatic rings. The van der Waals surface area contributed by atoms with E-state index in [4.69, 9.17) is 14.2 Å². The van der Waals surface area contributed by atoms with E-state index >= 15 is 0 Å². The predicted molar refractivity (Wildman–Crippen MR) is 100 cm³/mol. The highest BCUT2D eigenvalue weighted by Crippen LogP contribution is 2.26. The second-order valence-electron chi connectivity index (χ2n) is 5.81. The largest absolute Gasteiger partial charge is 0.490 e. The van der Waals surface area contributed by atoms with Crippen molar-refractivity contribution in [3.8, 4) is 17.2 Å². The fourth-order valence-electron chi connectivity index (χ4n) is 2.10. The Morgan fingerprint density at radius 2 is 1.57 bits per heavy atom. The van der Waals surface area contributed by atoms with Crippen LogP contribution in [0.3, 0.4) is 0 Å². The van der Waals surface area contributed by atoms with Gasteiger partial charge in [-0.2, -0.15) is 0 Å². The topological polar surface area (TPSA) is 85.9 Å². The molecule has 0 aliphatic carbocycles. The molecule has 0 aliphatic heterocycles. The van der Waals surface area contributed by atoms with E-state index in [1.165, 1.54) is 25.1 Å². The lowest BCUT2D eigenvalue weighted by molar-refractivity contribution is -0.133. The lowest BCUT2D eigenvalue weighted by Gasteiger charge is -2.16. The van der Waals surface area contributed by atoms with Gasteiger partial charge in [0.15, 0.2) is 35.8 Å². The van der Waals surface area contributed by atoms with E-state index in [1.54, 1.807) is 30.3 Å². The predicted octanol–water partition coefficient (Wildman–Crippen LogP) is 2.61. The minimum atomic E-state index is -1.01. The molecule has 0 heterocycles. The first-order chi connectivity index (χ1) is 13.5. The van der Waals surface area contributed by atoms with E-state index in [0.29, 0.717) is 18.1 Å². The van der Waals surface area contributed by atoms with E-state index in [0.717, 1.165) is 6.42 Å². The quantitative estimate of drug-likeness (QED) is 0.643. The van der Waals surface area contributed by atoms with Crippen LogP contribution in [0.2, 0.25) is 0 Å². The maximum atomic E-state index is 13.5. The maximum Gasteiger partial charge on any atom is 0.279 e.